The van der Waals surface area contributed by atoms with E-state index in [0.717, 1.165) is 70.8 Å². The summed E-state index contributed by atoms with van der Waals surface area (Å²) in [6.07, 6.45) is 4.25. The predicted octanol–water partition coefficient (Wildman–Crippen LogP) is 6.85. The molecule has 2 fully saturated rings. The number of methoxy groups -OCH3 is 1. The highest BCUT2D eigenvalue weighted by molar-refractivity contribution is 5.86. The van der Waals surface area contributed by atoms with Gasteiger partial charge in [0.2, 0.25) is 5.91 Å². The number of hydrogen-bond donors (Lipinski definition) is 3. The highest BCUT2D eigenvalue weighted by atomic mass is 16.6. The molecule has 4 bridgehead atoms. The number of aromatic nitrogens is 5. The molecule has 0 saturated carbocycles. The lowest BCUT2D eigenvalue weighted by molar-refractivity contribution is -0.134. The molecule has 8 rings (SSSR count). The van der Waals surface area contributed by atoms with Crippen molar-refractivity contribution in [1.82, 2.24) is 40.2 Å². The number of nitrogens with zero attached hydrogens (tertiary/aromatic N) is 5. The van der Waals surface area contributed by atoms with Gasteiger partial charge in [0, 0.05) is 42.9 Å². The lowest BCUT2D eigenvalue weighted by atomic mass is 10.0. The molecule has 5 aromatic rings. The third kappa shape index (κ3) is 7.76. The van der Waals surface area contributed by atoms with Crippen LogP contribution in [-0.4, -0.2) is 84.8 Å². The van der Waals surface area contributed by atoms with E-state index in [1.165, 1.54) is 7.11 Å². The number of imidazole rings is 2. The first kappa shape index (κ1) is 37.0. The molecule has 2 aromatic carbocycles. The van der Waals surface area contributed by atoms with Crippen LogP contribution in [0.4, 0.5) is 9.59 Å². The molecule has 15 nitrogen and oxygen atoms in total. The summed E-state index contributed by atoms with van der Waals surface area (Å²) in [7, 11) is 1.26. The van der Waals surface area contributed by atoms with E-state index in [1.807, 2.05) is 51.2 Å². The summed E-state index contributed by atoms with van der Waals surface area (Å²) in [4.78, 5) is 59.3. The van der Waals surface area contributed by atoms with Crippen LogP contribution < -0.4 is 5.32 Å². The molecule has 2 saturated heterocycles. The summed E-state index contributed by atoms with van der Waals surface area (Å²) in [5, 5.41) is 6.80. The Balaban J connectivity index is 1.01. The van der Waals surface area contributed by atoms with Gasteiger partial charge in [-0.05, 0) is 57.6 Å². The summed E-state index contributed by atoms with van der Waals surface area (Å²) in [6, 6.07) is 16.8. The molecule has 0 unspecified atom stereocenters. The number of alkyl carbamates (subject to hydrolysis) is 1. The number of H-pyrrole nitrogens is 2. The van der Waals surface area contributed by atoms with Crippen LogP contribution in [0.25, 0.3) is 33.6 Å². The number of fused-ring (bicyclic) bond motifs is 6. The second kappa shape index (κ2) is 15.3. The SMILES string of the molecule is COC(=O)N[C@H]1Cc2cc(on2)COCc2[nH]c(nc2-c2ccc(-c3ccc(-c4c[nH]c([C@@H]5CCCN5C(=O)OC(C)(C)C)n4)cc3)cc2)[C@@H]2CCCN2C1=O. The van der Waals surface area contributed by atoms with Crippen molar-refractivity contribution >= 4 is 18.1 Å². The Hall–Kier alpha value is -5.96. The number of nitrogens with one attached hydrogen (secondary N) is 3. The summed E-state index contributed by atoms with van der Waals surface area (Å²) >= 11 is 0. The molecule has 56 heavy (non-hydrogen) atoms. The highest BCUT2D eigenvalue weighted by Gasteiger charge is 2.38. The van der Waals surface area contributed by atoms with E-state index < -0.39 is 17.7 Å². The normalized spacial score (nSPS) is 20.1. The van der Waals surface area contributed by atoms with Crippen LogP contribution in [0.3, 0.4) is 0 Å². The Morgan fingerprint density at radius 1 is 0.893 bits per heavy atom. The fourth-order valence-electron chi connectivity index (χ4n) is 7.73. The van der Waals surface area contributed by atoms with Crippen LogP contribution in [0.2, 0.25) is 0 Å². The third-order valence-electron chi connectivity index (χ3n) is 10.4. The van der Waals surface area contributed by atoms with Crippen LogP contribution in [-0.2, 0) is 38.6 Å². The fourth-order valence-corrected chi connectivity index (χ4v) is 7.73. The minimum atomic E-state index is -0.897. The van der Waals surface area contributed by atoms with Crippen molar-refractivity contribution in [2.24, 2.45) is 0 Å². The highest BCUT2D eigenvalue weighted by Crippen LogP contribution is 2.36. The number of carbonyl (C=O) groups is 3. The van der Waals surface area contributed by atoms with Crippen molar-refractivity contribution in [2.75, 3.05) is 20.2 Å². The molecule has 3 aliphatic heterocycles. The molecule has 292 valence electrons. The van der Waals surface area contributed by atoms with E-state index in [9.17, 15) is 14.4 Å². The zero-order valence-corrected chi connectivity index (χ0v) is 32.0. The minimum absolute atomic E-state index is 0.144. The second-order valence-electron chi connectivity index (χ2n) is 15.5. The van der Waals surface area contributed by atoms with Crippen LogP contribution in [0.15, 0.2) is 65.3 Å². The zero-order valence-electron chi connectivity index (χ0n) is 32.0. The summed E-state index contributed by atoms with van der Waals surface area (Å²) in [6.45, 7) is 7.19. The van der Waals surface area contributed by atoms with Crippen molar-refractivity contribution in [1.29, 1.82) is 0 Å². The number of amides is 3. The maximum atomic E-state index is 13.9. The first-order chi connectivity index (χ1) is 27.0. The molecular formula is C41H46N8O7. The van der Waals surface area contributed by atoms with Crippen LogP contribution in [0.5, 0.6) is 0 Å². The number of ether oxygens (including phenoxy) is 3. The van der Waals surface area contributed by atoms with Crippen molar-refractivity contribution in [2.45, 2.75) is 89.8 Å². The Morgan fingerprint density at radius 3 is 2.32 bits per heavy atom. The molecule has 3 aliphatic rings. The predicted molar refractivity (Wildman–Crippen MR) is 204 cm³/mol. The smallest absolute Gasteiger partial charge is 0.410 e. The lowest BCUT2D eigenvalue weighted by Gasteiger charge is -2.28. The Morgan fingerprint density at radius 2 is 1.59 bits per heavy atom. The first-order valence-electron chi connectivity index (χ1n) is 19.0. The molecule has 3 atom stereocenters. The van der Waals surface area contributed by atoms with Gasteiger partial charge >= 0.3 is 12.2 Å². The number of likely N-dealkylation sites (tertiary alicyclic amines) is 1. The van der Waals surface area contributed by atoms with Crippen molar-refractivity contribution in [3.63, 3.8) is 0 Å². The maximum Gasteiger partial charge on any atom is 0.410 e. The molecular weight excluding hydrogens is 716 g/mol. The van der Waals surface area contributed by atoms with Crippen LogP contribution in [0, 0.1) is 0 Å². The van der Waals surface area contributed by atoms with E-state index >= 15 is 0 Å². The van der Waals surface area contributed by atoms with E-state index in [-0.39, 0.29) is 43.7 Å². The van der Waals surface area contributed by atoms with Gasteiger partial charge < -0.3 is 38.9 Å². The van der Waals surface area contributed by atoms with Crippen LogP contribution >= 0.6 is 0 Å². The average Bonchev–Trinajstić information content (AvgIpc) is 4.03. The molecule has 3 aromatic heterocycles. The molecule has 0 spiro atoms. The number of benzene rings is 2. The molecule has 6 heterocycles. The number of aromatic amines is 2. The Kier molecular flexibility index (Phi) is 10.1. The van der Waals surface area contributed by atoms with Gasteiger partial charge in [0.15, 0.2) is 5.76 Å². The third-order valence-corrected chi connectivity index (χ3v) is 10.4. The van der Waals surface area contributed by atoms with Gasteiger partial charge in [0.05, 0.1) is 48.6 Å². The Labute approximate surface area is 324 Å². The number of rotatable bonds is 5. The van der Waals surface area contributed by atoms with Gasteiger partial charge in [-0.3, -0.25) is 9.69 Å². The van der Waals surface area contributed by atoms with E-state index in [2.05, 4.69) is 44.7 Å². The van der Waals surface area contributed by atoms with Crippen molar-refractivity contribution < 1.29 is 33.1 Å². The topological polar surface area (TPSA) is 181 Å². The number of hydrogen-bond acceptors (Lipinski definition) is 10. The van der Waals surface area contributed by atoms with Gasteiger partial charge in [0.1, 0.15) is 29.9 Å². The molecule has 3 N–H and O–H groups in total. The van der Waals surface area contributed by atoms with Gasteiger partial charge in [-0.1, -0.05) is 53.7 Å². The fraction of sp³-hybridized carbons (Fsp3) is 0.415. The summed E-state index contributed by atoms with van der Waals surface area (Å²) in [5.74, 6) is 1.69. The maximum absolute atomic E-state index is 13.9. The minimum Gasteiger partial charge on any atom is -0.453 e. The number of carbonyl (C=O) groups excluding carboxylic acids is 3. The first-order valence-corrected chi connectivity index (χ1v) is 19.0. The zero-order chi connectivity index (χ0) is 39.0. The van der Waals surface area contributed by atoms with Gasteiger partial charge in [-0.15, -0.1) is 0 Å². The van der Waals surface area contributed by atoms with E-state index in [4.69, 9.17) is 28.7 Å². The van der Waals surface area contributed by atoms with Crippen LogP contribution in [0.1, 0.15) is 87.3 Å². The average molecular weight is 763 g/mol. The molecule has 15 heteroatoms. The molecule has 0 aliphatic carbocycles. The standard InChI is InChI=1S/C41H46N8O7/c1-41(2,3)55-40(52)49-18-6-7-33(49)36-42-21-31(43-36)26-13-9-24(10-14-26)25-11-15-27(16-12-25)35-32-23-54-22-29-19-28(47-56-29)20-30(45-39(51)53-4)38(50)48-17-5-8-34(48)37(44-32)46-35/h9-16,19,21,30,33-34H,5-8,17-18,20,22-23H2,1-4H3,(H,42,43)(H,44,46)(H,45,51)/t30-,33-,34-/m0/s1. The van der Waals surface area contributed by atoms with Gasteiger partial charge in [-0.25, -0.2) is 19.6 Å². The van der Waals surface area contributed by atoms with Gasteiger partial charge in [-0.2, -0.15) is 0 Å². The lowest BCUT2D eigenvalue weighted by Crippen LogP contribution is -2.49. The molecule has 3 amide bonds. The van der Waals surface area contributed by atoms with Gasteiger partial charge in [0.25, 0.3) is 0 Å². The van der Waals surface area contributed by atoms with E-state index in [0.29, 0.717) is 30.4 Å². The Bertz CT molecular complexity index is 2200. The summed E-state index contributed by atoms with van der Waals surface area (Å²) in [5.41, 5.74) is 6.24. The van der Waals surface area contributed by atoms with E-state index in [1.54, 1.807) is 15.9 Å². The summed E-state index contributed by atoms with van der Waals surface area (Å²) < 4.78 is 22.0. The second-order valence-corrected chi connectivity index (χ2v) is 15.5. The van der Waals surface area contributed by atoms with Crippen molar-refractivity contribution in [3.8, 4) is 33.6 Å². The largest absolute Gasteiger partial charge is 0.453 e. The molecule has 0 radical (unpaired) electrons. The van der Waals surface area contributed by atoms with Crippen molar-refractivity contribution in [3.05, 3.63) is 89.6 Å². The quantitative estimate of drug-likeness (QED) is 0.171. The monoisotopic (exact) mass is 762 g/mol.